The van der Waals surface area contributed by atoms with Gasteiger partial charge in [0.2, 0.25) is 0 Å². The van der Waals surface area contributed by atoms with Gasteiger partial charge in [-0.25, -0.2) is 9.80 Å². The van der Waals surface area contributed by atoms with E-state index in [9.17, 15) is 9.59 Å². The fourth-order valence-corrected chi connectivity index (χ4v) is 1.46. The highest BCUT2D eigenvalue weighted by Gasteiger charge is 2.21. The van der Waals surface area contributed by atoms with Gasteiger partial charge in [0.15, 0.2) is 0 Å². The van der Waals surface area contributed by atoms with Crippen molar-refractivity contribution in [3.8, 4) is 0 Å². The minimum atomic E-state index is -0.613. The van der Waals surface area contributed by atoms with Gasteiger partial charge in [-0.1, -0.05) is 15.9 Å². The number of carbonyl (C=O) groups is 2. The molecule has 0 aliphatic heterocycles. The molecule has 0 aliphatic rings. The number of hydrogen-bond donors (Lipinski definition) is 1. The summed E-state index contributed by atoms with van der Waals surface area (Å²) in [7, 11) is 1.44. The van der Waals surface area contributed by atoms with Crippen LogP contribution in [0.25, 0.3) is 0 Å². The molecule has 0 saturated heterocycles. The van der Waals surface area contributed by atoms with Crippen molar-refractivity contribution in [3.05, 3.63) is 34.3 Å². The van der Waals surface area contributed by atoms with E-state index >= 15 is 0 Å². The number of amides is 2. The Morgan fingerprint density at radius 1 is 1.21 bits per heavy atom. The second-order valence-electron chi connectivity index (χ2n) is 4.99. The van der Waals surface area contributed by atoms with E-state index in [1.54, 1.807) is 45.0 Å². The van der Waals surface area contributed by atoms with E-state index in [1.165, 1.54) is 7.05 Å². The summed E-state index contributed by atoms with van der Waals surface area (Å²) in [6.07, 6.45) is -0.613. The second kappa shape index (κ2) is 6.06. The van der Waals surface area contributed by atoms with Crippen molar-refractivity contribution in [2.75, 3.05) is 7.05 Å². The molecule has 1 N–H and O–H groups in total. The van der Waals surface area contributed by atoms with Gasteiger partial charge in [-0.05, 0) is 45.0 Å². The topological polar surface area (TPSA) is 58.6 Å². The highest BCUT2D eigenvalue weighted by molar-refractivity contribution is 9.10. The minimum Gasteiger partial charge on any atom is -0.442 e. The van der Waals surface area contributed by atoms with Crippen LogP contribution < -0.4 is 5.43 Å². The summed E-state index contributed by atoms with van der Waals surface area (Å²) in [5, 5.41) is 1.02. The number of halogens is 1. The standard InChI is InChI=1S/C13H17BrN2O3/c1-13(2,3)19-12(18)16(4)15-11(17)9-5-7-10(14)8-6-9/h5-8H,1-4H3,(H,15,17). The van der Waals surface area contributed by atoms with Crippen molar-refractivity contribution in [2.24, 2.45) is 0 Å². The molecule has 19 heavy (non-hydrogen) atoms. The van der Waals surface area contributed by atoms with Gasteiger partial charge in [0.25, 0.3) is 5.91 Å². The van der Waals surface area contributed by atoms with Crippen LogP contribution in [0.5, 0.6) is 0 Å². The third-order valence-corrected chi connectivity index (χ3v) is 2.57. The lowest BCUT2D eigenvalue weighted by Crippen LogP contribution is -2.45. The number of nitrogens with zero attached hydrogens (tertiary/aromatic N) is 1. The largest absolute Gasteiger partial charge is 0.442 e. The van der Waals surface area contributed by atoms with Gasteiger partial charge in [-0.3, -0.25) is 10.2 Å². The molecule has 0 bridgehead atoms. The number of carbonyl (C=O) groups excluding carboxylic acids is 2. The summed E-state index contributed by atoms with van der Waals surface area (Å²) < 4.78 is 6.00. The first-order valence-corrected chi connectivity index (χ1v) is 6.51. The third-order valence-electron chi connectivity index (χ3n) is 2.04. The first-order chi connectivity index (χ1) is 8.69. The zero-order chi connectivity index (χ0) is 14.6. The monoisotopic (exact) mass is 328 g/mol. The molecule has 0 spiro atoms. The van der Waals surface area contributed by atoms with Crippen molar-refractivity contribution in [1.29, 1.82) is 0 Å². The Balaban J connectivity index is 2.61. The van der Waals surface area contributed by atoms with Crippen LogP contribution in [0.15, 0.2) is 28.7 Å². The van der Waals surface area contributed by atoms with Crippen LogP contribution >= 0.6 is 15.9 Å². The first kappa shape index (κ1) is 15.5. The van der Waals surface area contributed by atoms with Crippen molar-refractivity contribution in [2.45, 2.75) is 26.4 Å². The van der Waals surface area contributed by atoms with Gasteiger partial charge >= 0.3 is 6.09 Å². The van der Waals surface area contributed by atoms with E-state index in [0.717, 1.165) is 9.48 Å². The Hall–Kier alpha value is -1.56. The fourth-order valence-electron chi connectivity index (χ4n) is 1.19. The summed E-state index contributed by atoms with van der Waals surface area (Å²) >= 11 is 3.29. The third kappa shape index (κ3) is 5.30. The number of benzene rings is 1. The molecule has 0 radical (unpaired) electrons. The average molecular weight is 329 g/mol. The molecule has 1 aromatic rings. The number of ether oxygens (including phenoxy) is 1. The Labute approximate surface area is 121 Å². The molecule has 104 valence electrons. The Kier molecular flexibility index (Phi) is 4.94. The van der Waals surface area contributed by atoms with Crippen LogP contribution in [0.3, 0.4) is 0 Å². The maximum absolute atomic E-state index is 11.9. The van der Waals surface area contributed by atoms with Crippen molar-refractivity contribution < 1.29 is 14.3 Å². The van der Waals surface area contributed by atoms with Gasteiger partial charge in [0.1, 0.15) is 5.60 Å². The number of hydrazine groups is 1. The van der Waals surface area contributed by atoms with Gasteiger partial charge in [0.05, 0.1) is 0 Å². The lowest BCUT2D eigenvalue weighted by Gasteiger charge is -2.24. The van der Waals surface area contributed by atoms with Gasteiger partial charge in [-0.15, -0.1) is 0 Å². The van der Waals surface area contributed by atoms with E-state index in [0.29, 0.717) is 5.56 Å². The molecular weight excluding hydrogens is 312 g/mol. The predicted octanol–water partition coefficient (Wildman–Crippen LogP) is 2.96. The summed E-state index contributed by atoms with van der Waals surface area (Å²) in [6, 6.07) is 6.81. The van der Waals surface area contributed by atoms with Crippen LogP contribution in [-0.4, -0.2) is 29.7 Å². The van der Waals surface area contributed by atoms with Crippen LogP contribution in [0.4, 0.5) is 4.79 Å². The molecule has 0 unspecified atom stereocenters. The highest BCUT2D eigenvalue weighted by atomic mass is 79.9. The molecule has 2 amide bonds. The fraction of sp³-hybridized carbons (Fsp3) is 0.385. The number of rotatable bonds is 1. The Morgan fingerprint density at radius 2 is 1.74 bits per heavy atom. The molecule has 1 aromatic carbocycles. The van der Waals surface area contributed by atoms with Crippen molar-refractivity contribution in [3.63, 3.8) is 0 Å². The summed E-state index contributed by atoms with van der Waals surface area (Å²) in [5.41, 5.74) is 2.30. The van der Waals surface area contributed by atoms with Gasteiger partial charge < -0.3 is 4.74 Å². The molecule has 1 rings (SSSR count). The Bertz CT molecular complexity index is 466. The van der Waals surface area contributed by atoms with Crippen LogP contribution in [0, 0.1) is 0 Å². The summed E-state index contributed by atoms with van der Waals surface area (Å²) in [6.45, 7) is 5.28. The van der Waals surface area contributed by atoms with Crippen molar-refractivity contribution in [1.82, 2.24) is 10.4 Å². The summed E-state index contributed by atoms with van der Waals surface area (Å²) in [4.78, 5) is 23.5. The van der Waals surface area contributed by atoms with Crippen LogP contribution in [0.1, 0.15) is 31.1 Å². The van der Waals surface area contributed by atoms with Crippen LogP contribution in [0.2, 0.25) is 0 Å². The predicted molar refractivity (Wildman–Crippen MR) is 75.6 cm³/mol. The zero-order valence-electron chi connectivity index (χ0n) is 11.4. The van der Waals surface area contributed by atoms with E-state index in [1.807, 2.05) is 0 Å². The van der Waals surface area contributed by atoms with E-state index < -0.39 is 11.7 Å². The lowest BCUT2D eigenvalue weighted by molar-refractivity contribution is 0.0195. The molecule has 5 nitrogen and oxygen atoms in total. The molecule has 0 aliphatic carbocycles. The first-order valence-electron chi connectivity index (χ1n) is 5.72. The SMILES string of the molecule is CN(NC(=O)c1ccc(Br)cc1)C(=O)OC(C)(C)C. The summed E-state index contributed by atoms with van der Waals surface area (Å²) in [5.74, 6) is -0.374. The quantitative estimate of drug-likeness (QED) is 0.806. The molecule has 0 aromatic heterocycles. The Morgan fingerprint density at radius 3 is 2.21 bits per heavy atom. The van der Waals surface area contributed by atoms with Crippen molar-refractivity contribution >= 4 is 27.9 Å². The normalized spacial score (nSPS) is 10.8. The zero-order valence-corrected chi connectivity index (χ0v) is 12.9. The highest BCUT2D eigenvalue weighted by Crippen LogP contribution is 2.11. The molecule has 6 heteroatoms. The van der Waals surface area contributed by atoms with Gasteiger partial charge in [0, 0.05) is 17.1 Å². The molecule has 0 saturated carbocycles. The molecular formula is C13H17BrN2O3. The maximum Gasteiger partial charge on any atom is 0.428 e. The van der Waals surface area contributed by atoms with E-state index in [2.05, 4.69) is 21.4 Å². The number of nitrogens with one attached hydrogen (secondary N) is 1. The smallest absolute Gasteiger partial charge is 0.428 e. The second-order valence-corrected chi connectivity index (χ2v) is 5.90. The van der Waals surface area contributed by atoms with E-state index in [-0.39, 0.29) is 5.91 Å². The maximum atomic E-state index is 11.9. The average Bonchev–Trinajstić information content (AvgIpc) is 2.27. The van der Waals surface area contributed by atoms with Crippen LogP contribution in [-0.2, 0) is 4.74 Å². The lowest BCUT2D eigenvalue weighted by atomic mass is 10.2. The molecule has 0 fully saturated rings. The van der Waals surface area contributed by atoms with E-state index in [4.69, 9.17) is 4.74 Å². The molecule has 0 heterocycles. The molecule has 0 atom stereocenters. The minimum absolute atomic E-state index is 0.374. The van der Waals surface area contributed by atoms with Gasteiger partial charge in [-0.2, -0.15) is 0 Å². The number of hydrogen-bond acceptors (Lipinski definition) is 3.